The van der Waals surface area contributed by atoms with Crippen molar-refractivity contribution in [1.82, 2.24) is 9.88 Å². The second-order valence-corrected chi connectivity index (χ2v) is 6.46. The van der Waals surface area contributed by atoms with E-state index >= 15 is 0 Å². The van der Waals surface area contributed by atoms with E-state index in [9.17, 15) is 4.79 Å². The summed E-state index contributed by atoms with van der Waals surface area (Å²) in [5.74, 6) is 0.101. The van der Waals surface area contributed by atoms with E-state index in [0.717, 1.165) is 22.0 Å². The summed E-state index contributed by atoms with van der Waals surface area (Å²) >= 11 is 0. The molecule has 4 nitrogen and oxygen atoms in total. The summed E-state index contributed by atoms with van der Waals surface area (Å²) in [7, 11) is 0. The number of amides is 1. The Morgan fingerprint density at radius 2 is 1.88 bits per heavy atom. The number of para-hydroxylation sites is 1. The number of nitriles is 1. The van der Waals surface area contributed by atoms with Crippen molar-refractivity contribution in [2.75, 3.05) is 0 Å². The summed E-state index contributed by atoms with van der Waals surface area (Å²) in [6.45, 7) is 4.60. The Bertz CT molecular complexity index is 916. The predicted molar refractivity (Wildman–Crippen MR) is 98.8 cm³/mol. The number of nitrogens with zero attached hydrogens (tertiary/aromatic N) is 2. The quantitative estimate of drug-likeness (QED) is 0.767. The van der Waals surface area contributed by atoms with Crippen LogP contribution in [0.5, 0.6) is 0 Å². The minimum absolute atomic E-state index is 0.101. The Hall–Kier alpha value is -3.06. The smallest absolute Gasteiger partial charge is 0.227 e. The lowest BCUT2D eigenvalue weighted by molar-refractivity contribution is -0.132. The van der Waals surface area contributed by atoms with Gasteiger partial charge in [0.05, 0.1) is 18.1 Å². The molecule has 0 saturated carbocycles. The van der Waals surface area contributed by atoms with Crippen LogP contribution >= 0.6 is 0 Å². The summed E-state index contributed by atoms with van der Waals surface area (Å²) in [6, 6.07) is 17.6. The zero-order valence-electron chi connectivity index (χ0n) is 14.5. The number of benzene rings is 2. The molecule has 0 aliphatic heterocycles. The van der Waals surface area contributed by atoms with Crippen LogP contribution in [0.4, 0.5) is 0 Å². The highest BCUT2D eigenvalue weighted by Crippen LogP contribution is 2.20. The maximum atomic E-state index is 12.9. The number of rotatable bonds is 5. The molecule has 2 aromatic carbocycles. The van der Waals surface area contributed by atoms with Crippen molar-refractivity contribution in [1.29, 1.82) is 5.26 Å². The molecule has 1 N–H and O–H groups in total. The third kappa shape index (κ3) is 3.72. The van der Waals surface area contributed by atoms with Gasteiger partial charge < -0.3 is 9.88 Å². The van der Waals surface area contributed by atoms with Crippen LogP contribution in [0.15, 0.2) is 54.7 Å². The number of aromatic amines is 1. The van der Waals surface area contributed by atoms with Crippen molar-refractivity contribution >= 4 is 16.8 Å². The van der Waals surface area contributed by atoms with Crippen molar-refractivity contribution < 1.29 is 4.79 Å². The number of fused-ring (bicyclic) bond motifs is 1. The lowest BCUT2D eigenvalue weighted by Gasteiger charge is -2.27. The zero-order valence-corrected chi connectivity index (χ0v) is 14.5. The molecule has 0 bridgehead atoms. The van der Waals surface area contributed by atoms with E-state index in [1.54, 1.807) is 12.1 Å². The van der Waals surface area contributed by atoms with Crippen LogP contribution in [0.1, 0.15) is 30.5 Å². The number of H-pyrrole nitrogens is 1. The minimum Gasteiger partial charge on any atom is -0.361 e. The van der Waals surface area contributed by atoms with Gasteiger partial charge in [-0.2, -0.15) is 5.26 Å². The fourth-order valence-corrected chi connectivity index (χ4v) is 2.98. The van der Waals surface area contributed by atoms with E-state index in [1.807, 2.05) is 61.3 Å². The highest BCUT2D eigenvalue weighted by atomic mass is 16.2. The fraction of sp³-hybridized carbons (Fsp3) is 0.238. The van der Waals surface area contributed by atoms with Gasteiger partial charge in [-0.1, -0.05) is 30.3 Å². The Kier molecular flexibility index (Phi) is 4.85. The maximum absolute atomic E-state index is 12.9. The van der Waals surface area contributed by atoms with Gasteiger partial charge in [0.25, 0.3) is 0 Å². The van der Waals surface area contributed by atoms with Gasteiger partial charge in [-0.3, -0.25) is 4.79 Å². The summed E-state index contributed by atoms with van der Waals surface area (Å²) in [4.78, 5) is 18.0. The third-order valence-corrected chi connectivity index (χ3v) is 4.40. The summed E-state index contributed by atoms with van der Waals surface area (Å²) in [6.07, 6.45) is 2.29. The van der Waals surface area contributed by atoms with Gasteiger partial charge in [0.15, 0.2) is 0 Å². The molecule has 1 aromatic heterocycles. The molecule has 25 heavy (non-hydrogen) atoms. The third-order valence-electron chi connectivity index (χ3n) is 4.40. The standard InChI is InChI=1S/C21H21N3O/c1-15(2)24(14-17-9-7-16(12-22)8-10-17)21(25)11-18-13-23-20-6-4-3-5-19(18)20/h3-10,13,15,23H,11,14H2,1-2H3. The molecule has 0 unspecified atom stereocenters. The maximum Gasteiger partial charge on any atom is 0.227 e. The van der Waals surface area contributed by atoms with Crippen LogP contribution in [0.25, 0.3) is 10.9 Å². The summed E-state index contributed by atoms with van der Waals surface area (Å²) < 4.78 is 0. The first-order valence-electron chi connectivity index (χ1n) is 8.42. The summed E-state index contributed by atoms with van der Waals surface area (Å²) in [5, 5.41) is 9.99. The fourth-order valence-electron chi connectivity index (χ4n) is 2.98. The van der Waals surface area contributed by atoms with Gasteiger partial charge in [-0.25, -0.2) is 0 Å². The van der Waals surface area contributed by atoms with Crippen molar-refractivity contribution in [3.63, 3.8) is 0 Å². The average molecular weight is 331 g/mol. The summed E-state index contributed by atoms with van der Waals surface area (Å²) in [5.41, 5.74) is 3.73. The molecular weight excluding hydrogens is 310 g/mol. The van der Waals surface area contributed by atoms with Crippen LogP contribution in [0.3, 0.4) is 0 Å². The van der Waals surface area contributed by atoms with Crippen LogP contribution in [-0.2, 0) is 17.8 Å². The predicted octanol–water partition coefficient (Wildman–Crippen LogP) is 4.02. The molecule has 0 aliphatic rings. The molecular formula is C21H21N3O. The van der Waals surface area contributed by atoms with Gasteiger partial charge in [-0.15, -0.1) is 0 Å². The van der Waals surface area contributed by atoms with Gasteiger partial charge in [0.2, 0.25) is 5.91 Å². The lowest BCUT2D eigenvalue weighted by atomic mass is 10.1. The SMILES string of the molecule is CC(C)N(Cc1ccc(C#N)cc1)C(=O)Cc1c[nH]c2ccccc12. The van der Waals surface area contributed by atoms with Crippen LogP contribution in [0, 0.1) is 11.3 Å². The molecule has 3 aromatic rings. The lowest BCUT2D eigenvalue weighted by Crippen LogP contribution is -2.37. The van der Waals surface area contributed by atoms with Crippen molar-refractivity contribution in [3.8, 4) is 6.07 Å². The Morgan fingerprint density at radius 1 is 1.16 bits per heavy atom. The number of carbonyl (C=O) groups is 1. The Labute approximate surface area is 147 Å². The number of carbonyl (C=O) groups excluding carboxylic acids is 1. The molecule has 0 saturated heterocycles. The molecule has 0 fully saturated rings. The van der Waals surface area contributed by atoms with E-state index in [-0.39, 0.29) is 11.9 Å². The highest BCUT2D eigenvalue weighted by molar-refractivity contribution is 5.89. The van der Waals surface area contributed by atoms with Crippen molar-refractivity contribution in [3.05, 3.63) is 71.4 Å². The van der Waals surface area contributed by atoms with E-state index in [4.69, 9.17) is 5.26 Å². The molecule has 0 aliphatic carbocycles. The van der Waals surface area contributed by atoms with E-state index < -0.39 is 0 Å². The molecule has 0 radical (unpaired) electrons. The topological polar surface area (TPSA) is 59.9 Å². The van der Waals surface area contributed by atoms with Crippen LogP contribution in [-0.4, -0.2) is 21.8 Å². The number of hydrogen-bond donors (Lipinski definition) is 1. The number of aromatic nitrogens is 1. The Morgan fingerprint density at radius 3 is 2.56 bits per heavy atom. The highest BCUT2D eigenvalue weighted by Gasteiger charge is 2.19. The second-order valence-electron chi connectivity index (χ2n) is 6.46. The van der Waals surface area contributed by atoms with Gasteiger partial charge >= 0.3 is 0 Å². The molecule has 0 spiro atoms. The van der Waals surface area contributed by atoms with E-state index in [2.05, 4.69) is 11.1 Å². The van der Waals surface area contributed by atoms with Crippen LogP contribution in [0.2, 0.25) is 0 Å². The molecule has 1 heterocycles. The van der Waals surface area contributed by atoms with E-state index in [0.29, 0.717) is 18.5 Å². The molecule has 126 valence electrons. The molecule has 4 heteroatoms. The first-order valence-corrected chi connectivity index (χ1v) is 8.42. The van der Waals surface area contributed by atoms with Gasteiger partial charge in [0, 0.05) is 29.7 Å². The first-order chi connectivity index (χ1) is 12.1. The van der Waals surface area contributed by atoms with Crippen LogP contribution < -0.4 is 0 Å². The van der Waals surface area contributed by atoms with Crippen molar-refractivity contribution in [2.24, 2.45) is 0 Å². The van der Waals surface area contributed by atoms with Crippen molar-refractivity contribution in [2.45, 2.75) is 32.9 Å². The normalized spacial score (nSPS) is 10.8. The monoisotopic (exact) mass is 331 g/mol. The second kappa shape index (κ2) is 7.23. The average Bonchev–Trinajstić information content (AvgIpc) is 3.03. The molecule has 1 amide bonds. The Balaban J connectivity index is 1.77. The number of nitrogens with one attached hydrogen (secondary N) is 1. The van der Waals surface area contributed by atoms with Gasteiger partial charge in [0.1, 0.15) is 0 Å². The number of hydrogen-bond acceptors (Lipinski definition) is 2. The van der Waals surface area contributed by atoms with Gasteiger partial charge in [-0.05, 0) is 43.2 Å². The zero-order chi connectivity index (χ0) is 17.8. The largest absolute Gasteiger partial charge is 0.361 e. The minimum atomic E-state index is 0.101. The van der Waals surface area contributed by atoms with E-state index in [1.165, 1.54) is 0 Å². The first kappa shape index (κ1) is 16.8. The molecule has 0 atom stereocenters. The molecule has 3 rings (SSSR count).